The first-order valence-corrected chi connectivity index (χ1v) is 5.77. The molecule has 1 atom stereocenters. The molecule has 0 saturated carbocycles. The minimum Gasteiger partial charge on any atom is -0.393 e. The minimum atomic E-state index is -0.151. The van der Waals surface area contributed by atoms with Crippen LogP contribution in [0.3, 0.4) is 0 Å². The topological polar surface area (TPSA) is 20.2 Å². The predicted octanol–water partition coefficient (Wildman–Crippen LogP) is 3.92. The van der Waals surface area contributed by atoms with Gasteiger partial charge in [-0.15, -0.1) is 6.58 Å². The zero-order valence-corrected chi connectivity index (χ0v) is 10.1. The van der Waals surface area contributed by atoms with Crippen LogP contribution in [0.1, 0.15) is 59.3 Å². The van der Waals surface area contributed by atoms with Crippen LogP contribution in [0.4, 0.5) is 0 Å². The number of rotatable bonds is 7. The van der Waals surface area contributed by atoms with E-state index in [4.69, 9.17) is 0 Å². The Morgan fingerprint density at radius 3 is 2.21 bits per heavy atom. The van der Waals surface area contributed by atoms with Crippen molar-refractivity contribution >= 4 is 0 Å². The van der Waals surface area contributed by atoms with Gasteiger partial charge in [-0.1, -0.05) is 46.1 Å². The van der Waals surface area contributed by atoms with Gasteiger partial charge in [0.05, 0.1) is 6.10 Å². The van der Waals surface area contributed by atoms with E-state index in [2.05, 4.69) is 27.4 Å². The van der Waals surface area contributed by atoms with Crippen LogP contribution in [-0.2, 0) is 0 Å². The van der Waals surface area contributed by atoms with E-state index in [9.17, 15) is 5.11 Å². The lowest BCUT2D eigenvalue weighted by Crippen LogP contribution is -2.25. The summed E-state index contributed by atoms with van der Waals surface area (Å²) in [5, 5.41) is 9.77. The SMILES string of the molecule is C=CCCCCCCC(O)C(C)(C)C. The van der Waals surface area contributed by atoms with Crippen LogP contribution in [0.15, 0.2) is 12.7 Å². The van der Waals surface area contributed by atoms with Crippen molar-refractivity contribution in [2.75, 3.05) is 0 Å². The molecule has 84 valence electrons. The maximum Gasteiger partial charge on any atom is 0.0588 e. The molecule has 1 heteroatoms. The fourth-order valence-electron chi connectivity index (χ4n) is 1.41. The number of aliphatic hydroxyl groups excluding tert-OH is 1. The predicted molar refractivity (Wildman–Crippen MR) is 63.4 cm³/mol. The van der Waals surface area contributed by atoms with Crippen LogP contribution in [0.5, 0.6) is 0 Å². The zero-order chi connectivity index (χ0) is 11.0. The van der Waals surface area contributed by atoms with Crippen molar-refractivity contribution in [2.24, 2.45) is 5.41 Å². The first-order chi connectivity index (χ1) is 6.48. The first kappa shape index (κ1) is 13.7. The third-order valence-corrected chi connectivity index (χ3v) is 2.64. The monoisotopic (exact) mass is 198 g/mol. The largest absolute Gasteiger partial charge is 0.393 e. The summed E-state index contributed by atoms with van der Waals surface area (Å²) < 4.78 is 0. The van der Waals surface area contributed by atoms with E-state index < -0.39 is 0 Å². The Hall–Kier alpha value is -0.300. The number of hydrogen-bond acceptors (Lipinski definition) is 1. The van der Waals surface area contributed by atoms with Crippen LogP contribution in [0, 0.1) is 5.41 Å². The second-order valence-corrected chi connectivity index (χ2v) is 5.16. The average Bonchev–Trinajstić information content (AvgIpc) is 2.09. The van der Waals surface area contributed by atoms with E-state index in [1.165, 1.54) is 19.3 Å². The van der Waals surface area contributed by atoms with Gasteiger partial charge in [0, 0.05) is 0 Å². The lowest BCUT2D eigenvalue weighted by molar-refractivity contribution is 0.0533. The lowest BCUT2D eigenvalue weighted by atomic mass is 9.86. The van der Waals surface area contributed by atoms with Gasteiger partial charge in [-0.3, -0.25) is 0 Å². The Labute approximate surface area is 89.2 Å². The van der Waals surface area contributed by atoms with Crippen LogP contribution >= 0.6 is 0 Å². The van der Waals surface area contributed by atoms with Crippen molar-refractivity contribution in [3.63, 3.8) is 0 Å². The van der Waals surface area contributed by atoms with Gasteiger partial charge < -0.3 is 5.11 Å². The molecular formula is C13H26O. The zero-order valence-electron chi connectivity index (χ0n) is 10.1. The summed E-state index contributed by atoms with van der Waals surface area (Å²) in [6, 6.07) is 0. The van der Waals surface area contributed by atoms with E-state index in [1.54, 1.807) is 0 Å². The molecule has 0 aliphatic carbocycles. The highest BCUT2D eigenvalue weighted by Crippen LogP contribution is 2.23. The quantitative estimate of drug-likeness (QED) is 0.485. The van der Waals surface area contributed by atoms with Gasteiger partial charge in [-0.2, -0.15) is 0 Å². The van der Waals surface area contributed by atoms with Crippen molar-refractivity contribution < 1.29 is 5.11 Å². The Bertz CT molecular complexity index is 144. The molecule has 0 aliphatic rings. The van der Waals surface area contributed by atoms with Gasteiger partial charge in [-0.05, 0) is 24.7 Å². The van der Waals surface area contributed by atoms with E-state index in [0.29, 0.717) is 0 Å². The van der Waals surface area contributed by atoms with Crippen molar-refractivity contribution in [1.82, 2.24) is 0 Å². The fraction of sp³-hybridized carbons (Fsp3) is 0.846. The van der Waals surface area contributed by atoms with Gasteiger partial charge in [0.15, 0.2) is 0 Å². The van der Waals surface area contributed by atoms with Gasteiger partial charge in [0.25, 0.3) is 0 Å². The molecule has 0 aromatic rings. The highest BCUT2D eigenvalue weighted by molar-refractivity contribution is 4.72. The first-order valence-electron chi connectivity index (χ1n) is 5.77. The molecule has 1 nitrogen and oxygen atoms in total. The molecule has 0 spiro atoms. The van der Waals surface area contributed by atoms with Gasteiger partial charge in [0.2, 0.25) is 0 Å². The second kappa shape index (κ2) is 7.05. The molecule has 0 amide bonds. The molecule has 0 bridgehead atoms. The van der Waals surface area contributed by atoms with Gasteiger partial charge in [0.1, 0.15) is 0 Å². The molecule has 14 heavy (non-hydrogen) atoms. The Balaban J connectivity index is 3.32. The maximum absolute atomic E-state index is 9.77. The molecule has 0 radical (unpaired) electrons. The molecule has 0 aliphatic heterocycles. The van der Waals surface area contributed by atoms with Gasteiger partial charge in [-0.25, -0.2) is 0 Å². The second-order valence-electron chi connectivity index (χ2n) is 5.16. The molecule has 1 unspecified atom stereocenters. The molecule has 0 aromatic heterocycles. The summed E-state index contributed by atoms with van der Waals surface area (Å²) in [6.45, 7) is 9.98. The van der Waals surface area contributed by atoms with Crippen LogP contribution in [0.2, 0.25) is 0 Å². The highest BCUT2D eigenvalue weighted by atomic mass is 16.3. The third-order valence-electron chi connectivity index (χ3n) is 2.64. The standard InChI is InChI=1S/C13H26O/c1-5-6-7-8-9-10-11-12(14)13(2,3)4/h5,12,14H,1,6-11H2,2-4H3. The van der Waals surface area contributed by atoms with E-state index >= 15 is 0 Å². The molecule has 0 aromatic carbocycles. The van der Waals surface area contributed by atoms with E-state index in [-0.39, 0.29) is 11.5 Å². The lowest BCUT2D eigenvalue weighted by Gasteiger charge is -2.25. The number of aliphatic hydroxyl groups is 1. The maximum atomic E-state index is 9.77. The molecule has 0 rings (SSSR count). The Kier molecular flexibility index (Phi) is 6.90. The average molecular weight is 198 g/mol. The normalized spacial score (nSPS) is 14.0. The summed E-state index contributed by atoms with van der Waals surface area (Å²) >= 11 is 0. The highest BCUT2D eigenvalue weighted by Gasteiger charge is 2.20. The smallest absolute Gasteiger partial charge is 0.0588 e. The number of hydrogen-bond donors (Lipinski definition) is 1. The molecule has 0 heterocycles. The molecular weight excluding hydrogens is 172 g/mol. The van der Waals surface area contributed by atoms with E-state index in [0.717, 1.165) is 19.3 Å². The van der Waals surface area contributed by atoms with Crippen LogP contribution in [0.25, 0.3) is 0 Å². The Morgan fingerprint density at radius 2 is 1.71 bits per heavy atom. The summed E-state index contributed by atoms with van der Waals surface area (Å²) in [7, 11) is 0. The summed E-state index contributed by atoms with van der Waals surface area (Å²) in [6.07, 6.45) is 8.79. The molecule has 0 fully saturated rings. The Morgan fingerprint density at radius 1 is 1.14 bits per heavy atom. The molecule has 0 saturated heterocycles. The van der Waals surface area contributed by atoms with E-state index in [1.807, 2.05) is 6.08 Å². The van der Waals surface area contributed by atoms with Crippen molar-refractivity contribution in [3.05, 3.63) is 12.7 Å². The third kappa shape index (κ3) is 7.14. The summed E-state index contributed by atoms with van der Waals surface area (Å²) in [5.41, 5.74) is 0.0428. The number of allylic oxidation sites excluding steroid dienone is 1. The van der Waals surface area contributed by atoms with Gasteiger partial charge >= 0.3 is 0 Å². The fourth-order valence-corrected chi connectivity index (χ4v) is 1.41. The van der Waals surface area contributed by atoms with Crippen molar-refractivity contribution in [3.8, 4) is 0 Å². The minimum absolute atomic E-state index is 0.0428. The number of unbranched alkanes of at least 4 members (excludes halogenated alkanes) is 4. The van der Waals surface area contributed by atoms with Crippen molar-refractivity contribution in [2.45, 2.75) is 65.4 Å². The summed E-state index contributed by atoms with van der Waals surface area (Å²) in [4.78, 5) is 0. The van der Waals surface area contributed by atoms with Crippen LogP contribution in [-0.4, -0.2) is 11.2 Å². The van der Waals surface area contributed by atoms with Crippen LogP contribution < -0.4 is 0 Å². The summed E-state index contributed by atoms with van der Waals surface area (Å²) in [5.74, 6) is 0. The molecule has 1 N–H and O–H groups in total. The van der Waals surface area contributed by atoms with Crippen molar-refractivity contribution in [1.29, 1.82) is 0 Å².